The first-order valence-corrected chi connectivity index (χ1v) is 11.1. The van der Waals surface area contributed by atoms with Crippen LogP contribution in [0.3, 0.4) is 0 Å². The number of nitrogens with zero attached hydrogens (tertiary/aromatic N) is 1. The maximum Gasteiger partial charge on any atom is 0.0998 e. The normalized spacial score (nSPS) is 17.7. The van der Waals surface area contributed by atoms with E-state index >= 15 is 0 Å². The molecule has 1 aliphatic heterocycles. The van der Waals surface area contributed by atoms with Gasteiger partial charge in [0.2, 0.25) is 0 Å². The molecule has 0 spiro atoms. The van der Waals surface area contributed by atoms with Crippen molar-refractivity contribution < 1.29 is 4.48 Å². The minimum atomic E-state index is 0.237. The topological polar surface area (TPSA) is 0 Å². The van der Waals surface area contributed by atoms with Crippen molar-refractivity contribution in [3.05, 3.63) is 47.5 Å². The SMILES string of the molecule is C=C(C)C[N+]1(CCCc2ccc(C(C)(C)CC(C)(C)C)cc2)CCCCC1. The number of hydrogen-bond acceptors (Lipinski definition) is 0. The maximum atomic E-state index is 4.20. The van der Waals surface area contributed by atoms with Gasteiger partial charge in [-0.05, 0) is 66.6 Å². The maximum absolute atomic E-state index is 4.20. The van der Waals surface area contributed by atoms with Gasteiger partial charge in [-0.2, -0.15) is 0 Å². The quantitative estimate of drug-likeness (QED) is 0.344. The zero-order valence-corrected chi connectivity index (χ0v) is 19.0. The smallest absolute Gasteiger partial charge is 0.0998 e. The Kier molecular flexibility index (Phi) is 7.36. The molecule has 1 fully saturated rings. The molecule has 1 heterocycles. The van der Waals surface area contributed by atoms with Gasteiger partial charge < -0.3 is 4.48 Å². The molecule has 1 aliphatic rings. The Morgan fingerprint density at radius 3 is 2.07 bits per heavy atom. The molecular formula is C26H44N+. The Bertz CT molecular complexity index is 594. The fraction of sp³-hybridized carbons (Fsp3) is 0.692. The standard InChI is InChI=1S/C26H44N/c1-22(2)20-27(17-9-8-10-18-27)19-11-12-23-13-15-24(16-14-23)26(6,7)21-25(3,4)5/h13-16H,1,8-12,17-21H2,2-7H3/q+1. The van der Waals surface area contributed by atoms with E-state index in [2.05, 4.69) is 72.4 Å². The Morgan fingerprint density at radius 1 is 0.963 bits per heavy atom. The van der Waals surface area contributed by atoms with Crippen LogP contribution in [0, 0.1) is 5.41 Å². The molecule has 1 heteroatoms. The van der Waals surface area contributed by atoms with Crippen molar-refractivity contribution in [3.8, 4) is 0 Å². The van der Waals surface area contributed by atoms with Gasteiger partial charge >= 0.3 is 0 Å². The first-order chi connectivity index (χ1) is 12.5. The van der Waals surface area contributed by atoms with Crippen LogP contribution in [0.15, 0.2) is 36.4 Å². The first kappa shape index (κ1) is 22.2. The van der Waals surface area contributed by atoms with E-state index in [0.717, 1.165) is 0 Å². The summed E-state index contributed by atoms with van der Waals surface area (Å²) >= 11 is 0. The van der Waals surface area contributed by atoms with Gasteiger partial charge in [0.05, 0.1) is 26.2 Å². The van der Waals surface area contributed by atoms with E-state index in [1.807, 2.05) is 0 Å². The van der Waals surface area contributed by atoms with E-state index in [-0.39, 0.29) is 5.41 Å². The minimum Gasteiger partial charge on any atom is -0.320 e. The predicted molar refractivity (Wildman–Crippen MR) is 120 cm³/mol. The molecule has 0 bridgehead atoms. The molecular weight excluding hydrogens is 326 g/mol. The highest BCUT2D eigenvalue weighted by atomic mass is 15.4. The van der Waals surface area contributed by atoms with Gasteiger partial charge in [-0.3, -0.25) is 0 Å². The lowest BCUT2D eigenvalue weighted by atomic mass is 9.72. The summed E-state index contributed by atoms with van der Waals surface area (Å²) in [6.45, 7) is 23.4. The fourth-order valence-electron chi connectivity index (χ4n) is 5.39. The molecule has 152 valence electrons. The number of aryl methyl sites for hydroxylation is 1. The number of hydrogen-bond donors (Lipinski definition) is 0. The van der Waals surface area contributed by atoms with Crippen LogP contribution in [-0.4, -0.2) is 30.7 Å². The highest BCUT2D eigenvalue weighted by Crippen LogP contribution is 2.36. The molecule has 0 aliphatic carbocycles. The molecule has 0 aromatic heterocycles. The van der Waals surface area contributed by atoms with Crippen LogP contribution in [-0.2, 0) is 11.8 Å². The van der Waals surface area contributed by atoms with E-state index in [0.29, 0.717) is 5.41 Å². The monoisotopic (exact) mass is 370 g/mol. The summed E-state index contributed by atoms with van der Waals surface area (Å²) in [7, 11) is 0. The third kappa shape index (κ3) is 7.11. The molecule has 27 heavy (non-hydrogen) atoms. The fourth-order valence-corrected chi connectivity index (χ4v) is 5.39. The summed E-state index contributed by atoms with van der Waals surface area (Å²) in [5.41, 5.74) is 4.92. The molecule has 0 unspecified atom stereocenters. The van der Waals surface area contributed by atoms with Gasteiger partial charge in [-0.15, -0.1) is 0 Å². The van der Waals surface area contributed by atoms with Gasteiger partial charge in [0.1, 0.15) is 0 Å². The zero-order valence-electron chi connectivity index (χ0n) is 19.0. The Balaban J connectivity index is 1.93. The largest absolute Gasteiger partial charge is 0.320 e. The molecule has 1 aromatic rings. The molecule has 2 rings (SSSR count). The highest BCUT2D eigenvalue weighted by Gasteiger charge is 2.29. The van der Waals surface area contributed by atoms with Crippen molar-refractivity contribution >= 4 is 0 Å². The molecule has 0 radical (unpaired) electrons. The van der Waals surface area contributed by atoms with Crippen molar-refractivity contribution in [1.82, 2.24) is 0 Å². The number of piperidine rings is 1. The Hall–Kier alpha value is -1.08. The zero-order chi connectivity index (χ0) is 20.1. The Labute approximate surface area is 169 Å². The van der Waals surface area contributed by atoms with Crippen molar-refractivity contribution in [1.29, 1.82) is 0 Å². The van der Waals surface area contributed by atoms with Crippen molar-refractivity contribution in [2.45, 2.75) is 85.5 Å². The van der Waals surface area contributed by atoms with Crippen molar-refractivity contribution in [2.75, 3.05) is 26.2 Å². The average molecular weight is 371 g/mol. The molecule has 1 saturated heterocycles. The molecule has 0 amide bonds. The van der Waals surface area contributed by atoms with Crippen LogP contribution in [0.5, 0.6) is 0 Å². The number of benzene rings is 1. The van der Waals surface area contributed by atoms with Crippen LogP contribution in [0.25, 0.3) is 0 Å². The molecule has 0 saturated carbocycles. The van der Waals surface area contributed by atoms with Gasteiger partial charge in [-0.1, -0.05) is 65.5 Å². The molecule has 1 aromatic carbocycles. The molecule has 1 nitrogen and oxygen atoms in total. The van der Waals surface area contributed by atoms with Crippen LogP contribution in [0.2, 0.25) is 0 Å². The summed E-state index contributed by atoms with van der Waals surface area (Å²) in [4.78, 5) is 0. The number of quaternary nitrogens is 1. The minimum absolute atomic E-state index is 0.237. The van der Waals surface area contributed by atoms with E-state index in [4.69, 9.17) is 0 Å². The van der Waals surface area contributed by atoms with Crippen LogP contribution in [0.1, 0.15) is 84.8 Å². The van der Waals surface area contributed by atoms with Crippen LogP contribution >= 0.6 is 0 Å². The second kappa shape index (κ2) is 8.95. The summed E-state index contributed by atoms with van der Waals surface area (Å²) in [6.07, 6.45) is 7.91. The Morgan fingerprint density at radius 2 is 1.56 bits per heavy atom. The van der Waals surface area contributed by atoms with E-state index in [9.17, 15) is 0 Å². The number of likely N-dealkylation sites (tertiary alicyclic amines) is 1. The number of rotatable bonds is 8. The van der Waals surface area contributed by atoms with E-state index < -0.39 is 0 Å². The van der Waals surface area contributed by atoms with Gasteiger partial charge in [0.15, 0.2) is 0 Å². The van der Waals surface area contributed by atoms with Gasteiger partial charge in [0.25, 0.3) is 0 Å². The third-order valence-electron chi connectivity index (χ3n) is 6.18. The van der Waals surface area contributed by atoms with E-state index in [1.165, 1.54) is 85.9 Å². The lowest BCUT2D eigenvalue weighted by molar-refractivity contribution is -0.928. The van der Waals surface area contributed by atoms with Crippen molar-refractivity contribution in [2.24, 2.45) is 5.41 Å². The summed E-state index contributed by atoms with van der Waals surface area (Å²) < 4.78 is 1.28. The van der Waals surface area contributed by atoms with Crippen LogP contribution in [0.4, 0.5) is 0 Å². The van der Waals surface area contributed by atoms with Crippen molar-refractivity contribution in [3.63, 3.8) is 0 Å². The second-order valence-electron chi connectivity index (χ2n) is 11.1. The lowest BCUT2D eigenvalue weighted by Crippen LogP contribution is -2.52. The van der Waals surface area contributed by atoms with Gasteiger partial charge in [-0.25, -0.2) is 0 Å². The molecule has 0 N–H and O–H groups in total. The lowest BCUT2D eigenvalue weighted by Gasteiger charge is -2.42. The third-order valence-corrected chi connectivity index (χ3v) is 6.18. The second-order valence-corrected chi connectivity index (χ2v) is 11.1. The summed E-state index contributed by atoms with van der Waals surface area (Å²) in [5.74, 6) is 0. The summed E-state index contributed by atoms with van der Waals surface area (Å²) in [6, 6.07) is 9.50. The predicted octanol–water partition coefficient (Wildman–Crippen LogP) is 6.91. The average Bonchev–Trinajstić information content (AvgIpc) is 2.53. The van der Waals surface area contributed by atoms with Gasteiger partial charge in [0, 0.05) is 6.42 Å². The first-order valence-electron chi connectivity index (χ1n) is 11.1. The summed E-state index contributed by atoms with van der Waals surface area (Å²) in [5, 5.41) is 0. The van der Waals surface area contributed by atoms with Crippen LogP contribution < -0.4 is 0 Å². The van der Waals surface area contributed by atoms with E-state index in [1.54, 1.807) is 0 Å². The highest BCUT2D eigenvalue weighted by molar-refractivity contribution is 5.28. The molecule has 0 atom stereocenters.